The average Bonchev–Trinajstić information content (AvgIpc) is 2.73. The van der Waals surface area contributed by atoms with Gasteiger partial charge in [-0.3, -0.25) is 14.5 Å². The molecular weight excluding hydrogens is 252 g/mol. The normalized spacial score (nSPS) is 24.6. The molecule has 1 aliphatic heterocycles. The molecule has 0 aromatic heterocycles. The topological polar surface area (TPSA) is 61.2 Å². The zero-order chi connectivity index (χ0) is 14.1. The summed E-state index contributed by atoms with van der Waals surface area (Å²) in [7, 11) is 0. The highest BCUT2D eigenvalue weighted by Gasteiger charge is 2.47. The minimum atomic E-state index is -0.207. The van der Waals surface area contributed by atoms with Crippen molar-refractivity contribution >= 4 is 11.8 Å². The number of likely N-dealkylation sites (tertiary alicyclic amines) is 1. The van der Waals surface area contributed by atoms with E-state index >= 15 is 0 Å². The van der Waals surface area contributed by atoms with Gasteiger partial charge in [-0.15, -0.1) is 0 Å². The van der Waals surface area contributed by atoms with E-state index in [-0.39, 0.29) is 30.2 Å². The number of nitrogens with zero attached hydrogens (tertiary/aromatic N) is 2. The highest BCUT2D eigenvalue weighted by atomic mass is 16.2. The molecule has 1 aliphatic carbocycles. The molecular formula is C16H14N2O2. The van der Waals surface area contributed by atoms with Crippen LogP contribution in [0, 0.1) is 23.2 Å². The predicted octanol–water partition coefficient (Wildman–Crippen LogP) is 2.01. The van der Waals surface area contributed by atoms with E-state index in [2.05, 4.69) is 6.07 Å². The second-order valence-corrected chi connectivity index (χ2v) is 5.19. The number of amides is 2. The number of carbonyl (C=O) groups is 2. The molecule has 4 nitrogen and oxygen atoms in total. The lowest BCUT2D eigenvalue weighted by atomic mass is 9.85. The van der Waals surface area contributed by atoms with Crippen LogP contribution in [-0.4, -0.2) is 16.7 Å². The Hall–Kier alpha value is -2.41. The zero-order valence-electron chi connectivity index (χ0n) is 11.0. The Morgan fingerprint density at radius 2 is 1.70 bits per heavy atom. The van der Waals surface area contributed by atoms with Crippen LogP contribution < -0.4 is 0 Å². The van der Waals surface area contributed by atoms with E-state index in [1.165, 1.54) is 4.90 Å². The number of allylic oxidation sites excluding steroid dienone is 2. The molecule has 2 aliphatic rings. The van der Waals surface area contributed by atoms with Gasteiger partial charge in [0.05, 0.1) is 30.0 Å². The fourth-order valence-corrected chi connectivity index (χ4v) is 2.96. The van der Waals surface area contributed by atoms with Crippen LogP contribution in [0.2, 0.25) is 0 Å². The Morgan fingerprint density at radius 3 is 2.30 bits per heavy atom. The summed E-state index contributed by atoms with van der Waals surface area (Å²) in [6.45, 7) is 0.203. The summed E-state index contributed by atoms with van der Waals surface area (Å²) in [5.74, 6) is -0.613. The Morgan fingerprint density at radius 1 is 1.10 bits per heavy atom. The monoisotopic (exact) mass is 266 g/mol. The highest BCUT2D eigenvalue weighted by Crippen LogP contribution is 2.35. The summed E-state index contributed by atoms with van der Waals surface area (Å²) in [6.07, 6.45) is 5.23. The molecule has 3 rings (SSSR count). The molecule has 0 unspecified atom stereocenters. The number of carbonyl (C=O) groups excluding carboxylic acids is 2. The van der Waals surface area contributed by atoms with E-state index in [1.54, 1.807) is 18.2 Å². The Bertz CT molecular complexity index is 616. The van der Waals surface area contributed by atoms with Crippen LogP contribution in [0.1, 0.15) is 24.0 Å². The molecule has 0 radical (unpaired) electrons. The maximum atomic E-state index is 12.3. The van der Waals surface area contributed by atoms with Crippen molar-refractivity contribution in [3.63, 3.8) is 0 Å². The number of rotatable bonds is 2. The molecule has 1 fully saturated rings. The van der Waals surface area contributed by atoms with Gasteiger partial charge < -0.3 is 0 Å². The Labute approximate surface area is 117 Å². The van der Waals surface area contributed by atoms with Gasteiger partial charge in [-0.2, -0.15) is 5.26 Å². The van der Waals surface area contributed by atoms with Gasteiger partial charge in [-0.05, 0) is 24.5 Å². The van der Waals surface area contributed by atoms with Gasteiger partial charge in [0.1, 0.15) is 0 Å². The van der Waals surface area contributed by atoms with Crippen molar-refractivity contribution in [3.8, 4) is 6.07 Å². The smallest absolute Gasteiger partial charge is 0.233 e. The first-order chi connectivity index (χ1) is 9.72. The first-order valence-electron chi connectivity index (χ1n) is 6.70. The van der Waals surface area contributed by atoms with E-state index in [1.807, 2.05) is 18.2 Å². The molecule has 1 aromatic carbocycles. The van der Waals surface area contributed by atoms with Crippen molar-refractivity contribution in [1.82, 2.24) is 4.90 Å². The number of hydrogen-bond acceptors (Lipinski definition) is 3. The molecule has 0 bridgehead atoms. The van der Waals surface area contributed by atoms with Crippen molar-refractivity contribution in [2.45, 2.75) is 19.4 Å². The zero-order valence-corrected chi connectivity index (χ0v) is 11.0. The molecule has 0 N–H and O–H groups in total. The van der Waals surface area contributed by atoms with E-state index in [9.17, 15) is 9.59 Å². The summed E-state index contributed by atoms with van der Waals surface area (Å²) in [5.41, 5.74) is 1.24. The minimum Gasteiger partial charge on any atom is -0.278 e. The van der Waals surface area contributed by atoms with Gasteiger partial charge in [-0.25, -0.2) is 0 Å². The van der Waals surface area contributed by atoms with Gasteiger partial charge in [0.25, 0.3) is 0 Å². The van der Waals surface area contributed by atoms with Crippen LogP contribution in [0.15, 0.2) is 36.4 Å². The van der Waals surface area contributed by atoms with Crippen LogP contribution in [-0.2, 0) is 16.1 Å². The lowest BCUT2D eigenvalue weighted by Gasteiger charge is -2.15. The molecule has 4 heteroatoms. The van der Waals surface area contributed by atoms with Crippen molar-refractivity contribution in [1.29, 1.82) is 5.26 Å². The van der Waals surface area contributed by atoms with Crippen LogP contribution in [0.4, 0.5) is 0 Å². The molecule has 2 atom stereocenters. The lowest BCUT2D eigenvalue weighted by molar-refractivity contribution is -0.140. The third kappa shape index (κ3) is 1.92. The largest absolute Gasteiger partial charge is 0.278 e. The first-order valence-corrected chi connectivity index (χ1v) is 6.70. The molecule has 20 heavy (non-hydrogen) atoms. The van der Waals surface area contributed by atoms with E-state index in [0.717, 1.165) is 5.56 Å². The molecule has 1 heterocycles. The summed E-state index contributed by atoms with van der Waals surface area (Å²) in [6, 6.07) is 9.19. The van der Waals surface area contributed by atoms with Gasteiger partial charge >= 0.3 is 0 Å². The van der Waals surface area contributed by atoms with Crippen LogP contribution in [0.25, 0.3) is 0 Å². The van der Waals surface area contributed by atoms with Crippen molar-refractivity contribution in [3.05, 3.63) is 47.5 Å². The Balaban J connectivity index is 1.87. The van der Waals surface area contributed by atoms with Crippen LogP contribution in [0.3, 0.4) is 0 Å². The highest BCUT2D eigenvalue weighted by molar-refractivity contribution is 6.05. The molecule has 1 saturated heterocycles. The lowest BCUT2D eigenvalue weighted by Crippen LogP contribution is -2.30. The standard InChI is InChI=1S/C16H14N2O2/c17-9-11-5-1-2-6-12(11)10-18-15(19)13-7-3-4-8-14(13)16(18)20/h1-6,13-14H,7-8,10H2/t13-,14+. The SMILES string of the molecule is N#Cc1ccccc1CN1C(=O)[C@H]2CC=CC[C@H]2C1=O. The number of imide groups is 1. The molecule has 0 saturated carbocycles. The van der Waals surface area contributed by atoms with Crippen LogP contribution >= 0.6 is 0 Å². The molecule has 2 amide bonds. The van der Waals surface area contributed by atoms with Gasteiger partial charge in [-0.1, -0.05) is 30.4 Å². The quantitative estimate of drug-likeness (QED) is 0.607. The number of benzene rings is 1. The first kappa shape index (κ1) is 12.6. The molecule has 0 spiro atoms. The fourth-order valence-electron chi connectivity index (χ4n) is 2.96. The van der Waals surface area contributed by atoms with Gasteiger partial charge in [0, 0.05) is 0 Å². The second kappa shape index (κ2) is 4.93. The predicted molar refractivity (Wildman–Crippen MR) is 72.1 cm³/mol. The number of hydrogen-bond donors (Lipinski definition) is 0. The third-order valence-corrected chi connectivity index (χ3v) is 4.07. The minimum absolute atomic E-state index is 0.0999. The number of fused-ring (bicyclic) bond motifs is 1. The average molecular weight is 266 g/mol. The fraction of sp³-hybridized carbons (Fsp3) is 0.312. The summed E-state index contributed by atoms with van der Waals surface area (Å²) in [4.78, 5) is 26.0. The maximum absolute atomic E-state index is 12.3. The van der Waals surface area contributed by atoms with Gasteiger partial charge in [0.15, 0.2) is 0 Å². The van der Waals surface area contributed by atoms with Crippen molar-refractivity contribution in [2.75, 3.05) is 0 Å². The molecule has 100 valence electrons. The summed E-state index contributed by atoms with van der Waals surface area (Å²) >= 11 is 0. The number of nitriles is 1. The van der Waals surface area contributed by atoms with Crippen molar-refractivity contribution in [2.24, 2.45) is 11.8 Å². The van der Waals surface area contributed by atoms with E-state index in [0.29, 0.717) is 18.4 Å². The Kier molecular flexibility index (Phi) is 3.11. The van der Waals surface area contributed by atoms with Crippen LogP contribution in [0.5, 0.6) is 0 Å². The molecule has 1 aromatic rings. The van der Waals surface area contributed by atoms with Gasteiger partial charge in [0.2, 0.25) is 11.8 Å². The second-order valence-electron chi connectivity index (χ2n) is 5.19. The van der Waals surface area contributed by atoms with E-state index < -0.39 is 0 Å². The summed E-state index contributed by atoms with van der Waals surface area (Å²) < 4.78 is 0. The van der Waals surface area contributed by atoms with E-state index in [4.69, 9.17) is 5.26 Å². The van der Waals surface area contributed by atoms with Crippen molar-refractivity contribution < 1.29 is 9.59 Å². The maximum Gasteiger partial charge on any atom is 0.233 e. The third-order valence-electron chi connectivity index (χ3n) is 4.07. The summed E-state index contributed by atoms with van der Waals surface area (Å²) in [5, 5.41) is 9.08.